The van der Waals surface area contributed by atoms with Crippen molar-refractivity contribution in [3.63, 3.8) is 0 Å². The summed E-state index contributed by atoms with van der Waals surface area (Å²) in [5.74, 6) is -0.111. The van der Waals surface area contributed by atoms with E-state index in [1.54, 1.807) is 42.5 Å². The summed E-state index contributed by atoms with van der Waals surface area (Å²) < 4.78 is 10.5. The Morgan fingerprint density at radius 2 is 1.96 bits per heavy atom. The number of nitrogens with zero attached hydrogens (tertiary/aromatic N) is 1. The standard InChI is InChI=1S/C18H17NO5S/c1-12(20)19-14(11-25-17(19)16-8-5-9-23-16)18(22)24-10-15(21)13-6-3-2-4-7-13/h2-9,14,17H,10-11H2,1H3/t14-,17+/m1/s1. The third kappa shape index (κ3) is 3.76. The van der Waals surface area contributed by atoms with E-state index in [1.165, 1.54) is 29.8 Å². The summed E-state index contributed by atoms with van der Waals surface area (Å²) in [6, 6.07) is 11.4. The molecule has 0 spiro atoms. The average Bonchev–Trinajstić information content (AvgIpc) is 3.28. The van der Waals surface area contributed by atoms with Crippen LogP contribution in [-0.2, 0) is 14.3 Å². The van der Waals surface area contributed by atoms with E-state index in [1.807, 2.05) is 0 Å². The number of benzene rings is 1. The van der Waals surface area contributed by atoms with Gasteiger partial charge in [0.25, 0.3) is 0 Å². The van der Waals surface area contributed by atoms with Gasteiger partial charge < -0.3 is 14.1 Å². The van der Waals surface area contributed by atoms with E-state index in [-0.39, 0.29) is 23.7 Å². The number of amides is 1. The van der Waals surface area contributed by atoms with E-state index in [0.717, 1.165) is 0 Å². The zero-order valence-corrected chi connectivity index (χ0v) is 14.4. The summed E-state index contributed by atoms with van der Waals surface area (Å²) in [4.78, 5) is 37.9. The Labute approximate surface area is 149 Å². The van der Waals surface area contributed by atoms with E-state index in [2.05, 4.69) is 0 Å². The Kier molecular flexibility index (Phi) is 5.23. The molecule has 2 heterocycles. The van der Waals surface area contributed by atoms with Crippen molar-refractivity contribution in [2.75, 3.05) is 12.4 Å². The van der Waals surface area contributed by atoms with E-state index in [0.29, 0.717) is 17.1 Å². The minimum Gasteiger partial charge on any atom is -0.466 e. The van der Waals surface area contributed by atoms with Crippen LogP contribution < -0.4 is 0 Å². The van der Waals surface area contributed by atoms with Gasteiger partial charge in [0.2, 0.25) is 5.91 Å². The molecular weight excluding hydrogens is 342 g/mol. The number of rotatable bonds is 5. The maximum Gasteiger partial charge on any atom is 0.330 e. The highest BCUT2D eigenvalue weighted by atomic mass is 32.2. The molecule has 25 heavy (non-hydrogen) atoms. The summed E-state index contributed by atoms with van der Waals surface area (Å²) in [6.07, 6.45) is 1.53. The predicted molar refractivity (Wildman–Crippen MR) is 91.9 cm³/mol. The zero-order valence-electron chi connectivity index (χ0n) is 13.6. The van der Waals surface area contributed by atoms with Gasteiger partial charge in [0, 0.05) is 18.2 Å². The monoisotopic (exact) mass is 359 g/mol. The first-order chi connectivity index (χ1) is 12.1. The fraction of sp³-hybridized carbons (Fsp3) is 0.278. The Hall–Kier alpha value is -2.54. The van der Waals surface area contributed by atoms with Gasteiger partial charge in [0.05, 0.1) is 6.26 Å². The molecule has 1 fully saturated rings. The number of carbonyl (C=O) groups excluding carboxylic acids is 3. The topological polar surface area (TPSA) is 76.8 Å². The number of hydrogen-bond donors (Lipinski definition) is 0. The van der Waals surface area contributed by atoms with E-state index in [4.69, 9.17) is 9.15 Å². The highest BCUT2D eigenvalue weighted by Gasteiger charge is 2.43. The third-order valence-corrected chi connectivity index (χ3v) is 5.15. The fourth-order valence-electron chi connectivity index (χ4n) is 2.66. The number of carbonyl (C=O) groups is 3. The van der Waals surface area contributed by atoms with Crippen LogP contribution in [0.2, 0.25) is 0 Å². The normalized spacial score (nSPS) is 19.6. The molecule has 130 valence electrons. The van der Waals surface area contributed by atoms with Crippen LogP contribution in [0.5, 0.6) is 0 Å². The maximum absolute atomic E-state index is 12.4. The SMILES string of the molecule is CC(=O)N1[C@@H](C(=O)OCC(=O)c2ccccc2)CS[C@H]1c1ccco1. The summed E-state index contributed by atoms with van der Waals surface area (Å²) >= 11 is 1.43. The van der Waals surface area contributed by atoms with Crippen molar-refractivity contribution in [3.8, 4) is 0 Å². The van der Waals surface area contributed by atoms with Crippen LogP contribution in [-0.4, -0.2) is 41.0 Å². The second kappa shape index (κ2) is 7.57. The fourth-order valence-corrected chi connectivity index (χ4v) is 4.08. The van der Waals surface area contributed by atoms with Crippen molar-refractivity contribution >= 4 is 29.4 Å². The second-order valence-corrected chi connectivity index (χ2v) is 6.65. The summed E-state index contributed by atoms with van der Waals surface area (Å²) in [5, 5.41) is -0.366. The van der Waals surface area contributed by atoms with E-state index in [9.17, 15) is 14.4 Å². The molecule has 0 bridgehead atoms. The van der Waals surface area contributed by atoms with E-state index < -0.39 is 12.0 Å². The smallest absolute Gasteiger partial charge is 0.330 e. The Balaban J connectivity index is 1.65. The molecule has 1 saturated heterocycles. The molecule has 7 heteroatoms. The highest BCUT2D eigenvalue weighted by molar-refractivity contribution is 7.99. The number of furan rings is 1. The molecule has 0 radical (unpaired) electrons. The summed E-state index contributed by atoms with van der Waals surface area (Å²) in [7, 11) is 0. The first-order valence-corrected chi connectivity index (χ1v) is 8.81. The van der Waals surface area contributed by atoms with Crippen LogP contribution in [0.25, 0.3) is 0 Å². The third-order valence-electron chi connectivity index (χ3n) is 3.86. The van der Waals surface area contributed by atoms with Crippen molar-refractivity contribution < 1.29 is 23.5 Å². The first-order valence-electron chi connectivity index (χ1n) is 7.76. The molecule has 0 unspecified atom stereocenters. The lowest BCUT2D eigenvalue weighted by atomic mass is 10.1. The second-order valence-electron chi connectivity index (χ2n) is 5.54. The van der Waals surface area contributed by atoms with Crippen molar-refractivity contribution in [2.45, 2.75) is 18.3 Å². The van der Waals surface area contributed by atoms with Gasteiger partial charge in [-0.05, 0) is 12.1 Å². The number of ketones is 1. The van der Waals surface area contributed by atoms with Crippen molar-refractivity contribution in [1.82, 2.24) is 4.90 Å². The summed E-state index contributed by atoms with van der Waals surface area (Å²) in [5.41, 5.74) is 0.480. The molecule has 2 aromatic rings. The number of ether oxygens (including phenoxy) is 1. The molecule has 1 amide bonds. The molecule has 0 saturated carbocycles. The Bertz CT molecular complexity index is 759. The molecule has 0 N–H and O–H groups in total. The van der Waals surface area contributed by atoms with Gasteiger partial charge in [0.1, 0.15) is 17.2 Å². The first kappa shape index (κ1) is 17.3. The Morgan fingerprint density at radius 1 is 1.20 bits per heavy atom. The quantitative estimate of drug-likeness (QED) is 0.603. The van der Waals surface area contributed by atoms with Crippen molar-refractivity contribution in [1.29, 1.82) is 0 Å². The molecule has 1 aliphatic heterocycles. The molecule has 1 aromatic carbocycles. The lowest BCUT2D eigenvalue weighted by molar-refractivity contribution is -0.152. The molecule has 3 rings (SSSR count). The number of Topliss-reactive ketones (excluding diaryl/α,β-unsaturated/α-hetero) is 1. The van der Waals surface area contributed by atoms with Gasteiger partial charge >= 0.3 is 5.97 Å². The lowest BCUT2D eigenvalue weighted by Gasteiger charge is -2.25. The highest BCUT2D eigenvalue weighted by Crippen LogP contribution is 2.41. The average molecular weight is 359 g/mol. The van der Waals surface area contributed by atoms with Crippen LogP contribution >= 0.6 is 11.8 Å². The van der Waals surface area contributed by atoms with Gasteiger partial charge in [-0.1, -0.05) is 30.3 Å². The van der Waals surface area contributed by atoms with Crippen molar-refractivity contribution in [3.05, 3.63) is 60.1 Å². The minimum absolute atomic E-state index is 0.247. The van der Waals surface area contributed by atoms with Crippen LogP contribution in [0.1, 0.15) is 28.4 Å². The molecule has 1 aliphatic rings. The largest absolute Gasteiger partial charge is 0.466 e. The molecule has 1 aromatic heterocycles. The van der Waals surface area contributed by atoms with Crippen molar-refractivity contribution in [2.24, 2.45) is 0 Å². The number of thioether (sulfide) groups is 1. The van der Waals surface area contributed by atoms with Gasteiger partial charge in [-0.2, -0.15) is 0 Å². The van der Waals surface area contributed by atoms with Crippen LogP contribution in [0.15, 0.2) is 53.1 Å². The molecular formula is C18H17NO5S. The number of esters is 1. The minimum atomic E-state index is -0.735. The number of hydrogen-bond acceptors (Lipinski definition) is 6. The van der Waals surface area contributed by atoms with Gasteiger partial charge in [-0.15, -0.1) is 11.8 Å². The van der Waals surface area contributed by atoms with Gasteiger partial charge in [-0.25, -0.2) is 4.79 Å². The van der Waals surface area contributed by atoms with Gasteiger partial charge in [0.15, 0.2) is 12.4 Å². The molecule has 0 aliphatic carbocycles. The van der Waals surface area contributed by atoms with E-state index >= 15 is 0 Å². The lowest BCUT2D eigenvalue weighted by Crippen LogP contribution is -2.43. The maximum atomic E-state index is 12.4. The zero-order chi connectivity index (χ0) is 17.8. The summed E-state index contributed by atoms with van der Waals surface area (Å²) in [6.45, 7) is 1.05. The Morgan fingerprint density at radius 3 is 2.60 bits per heavy atom. The van der Waals surface area contributed by atoms with Crippen LogP contribution in [0, 0.1) is 0 Å². The van der Waals surface area contributed by atoms with Crippen LogP contribution in [0.3, 0.4) is 0 Å². The predicted octanol–water partition coefficient (Wildman–Crippen LogP) is 2.67. The van der Waals surface area contributed by atoms with Gasteiger partial charge in [-0.3, -0.25) is 9.59 Å². The molecule has 2 atom stereocenters. The molecule has 6 nitrogen and oxygen atoms in total. The van der Waals surface area contributed by atoms with Crippen LogP contribution in [0.4, 0.5) is 0 Å².